The molecule has 2 atom stereocenters. The molecule has 0 aliphatic carbocycles. The van der Waals surface area contributed by atoms with Crippen LogP contribution in [0.4, 0.5) is 0 Å². The molecule has 0 saturated heterocycles. The van der Waals surface area contributed by atoms with Gasteiger partial charge in [0, 0.05) is 18.2 Å². The maximum Gasteiger partial charge on any atom is 0.0610 e. The van der Waals surface area contributed by atoms with Crippen molar-refractivity contribution in [3.63, 3.8) is 0 Å². The Hall–Kier alpha value is -0.120. The molecule has 2 unspecified atom stereocenters. The van der Waals surface area contributed by atoms with Gasteiger partial charge in [0.2, 0.25) is 0 Å². The summed E-state index contributed by atoms with van der Waals surface area (Å²) in [5.74, 6) is 0.563. The van der Waals surface area contributed by atoms with Crippen LogP contribution in [-0.4, -0.2) is 36.0 Å². The van der Waals surface area contributed by atoms with E-state index in [-0.39, 0.29) is 12.1 Å². The van der Waals surface area contributed by atoms with Crippen molar-refractivity contribution in [3.05, 3.63) is 0 Å². The van der Waals surface area contributed by atoms with Crippen molar-refractivity contribution in [2.24, 2.45) is 5.92 Å². The van der Waals surface area contributed by atoms with Gasteiger partial charge in [-0.05, 0) is 32.6 Å². The van der Waals surface area contributed by atoms with E-state index in [2.05, 4.69) is 46.9 Å². The molecule has 0 amide bonds. The van der Waals surface area contributed by atoms with Crippen LogP contribution in [0.2, 0.25) is 0 Å². The Kier molecular flexibility index (Phi) is 8.01. The normalized spacial score (nSPS) is 17.5. The van der Waals surface area contributed by atoms with Crippen molar-refractivity contribution in [1.82, 2.24) is 5.32 Å². The zero-order valence-electron chi connectivity index (χ0n) is 12.4. The number of ether oxygens (including phenoxy) is 1. The van der Waals surface area contributed by atoms with Gasteiger partial charge in [0.1, 0.15) is 0 Å². The second-order valence-electron chi connectivity index (χ2n) is 5.94. The van der Waals surface area contributed by atoms with Crippen molar-refractivity contribution in [3.8, 4) is 0 Å². The van der Waals surface area contributed by atoms with Gasteiger partial charge >= 0.3 is 0 Å². The largest absolute Gasteiger partial charge is 0.394 e. The fraction of sp³-hybridized carbons (Fsp3) is 1.00. The predicted molar refractivity (Wildman–Crippen MR) is 73.2 cm³/mol. The summed E-state index contributed by atoms with van der Waals surface area (Å²) in [4.78, 5) is 0. The van der Waals surface area contributed by atoms with Crippen LogP contribution in [0.1, 0.15) is 54.4 Å². The molecule has 0 aliphatic rings. The van der Waals surface area contributed by atoms with E-state index in [1.165, 1.54) is 0 Å². The van der Waals surface area contributed by atoms with Crippen LogP contribution in [0, 0.1) is 5.92 Å². The van der Waals surface area contributed by atoms with Crippen molar-refractivity contribution in [2.45, 2.75) is 72.1 Å². The molecule has 17 heavy (non-hydrogen) atoms. The van der Waals surface area contributed by atoms with Gasteiger partial charge in [-0.25, -0.2) is 0 Å². The third kappa shape index (κ3) is 7.74. The highest BCUT2D eigenvalue weighted by atomic mass is 16.5. The summed E-state index contributed by atoms with van der Waals surface area (Å²) in [5.41, 5.74) is -0.182. The molecule has 3 nitrogen and oxygen atoms in total. The van der Waals surface area contributed by atoms with E-state index in [1.54, 1.807) is 0 Å². The lowest BCUT2D eigenvalue weighted by atomic mass is 9.96. The summed E-state index contributed by atoms with van der Waals surface area (Å²) >= 11 is 0. The van der Waals surface area contributed by atoms with E-state index in [1.807, 2.05) is 0 Å². The minimum absolute atomic E-state index is 0.172. The lowest BCUT2D eigenvalue weighted by Crippen LogP contribution is -2.49. The van der Waals surface area contributed by atoms with Gasteiger partial charge in [-0.2, -0.15) is 0 Å². The minimum Gasteiger partial charge on any atom is -0.394 e. The highest BCUT2D eigenvalue weighted by Crippen LogP contribution is 2.14. The van der Waals surface area contributed by atoms with E-state index in [9.17, 15) is 5.11 Å². The summed E-state index contributed by atoms with van der Waals surface area (Å²) in [6.07, 6.45) is 2.23. The van der Waals surface area contributed by atoms with Gasteiger partial charge in [-0.15, -0.1) is 0 Å². The van der Waals surface area contributed by atoms with Gasteiger partial charge < -0.3 is 15.2 Å². The van der Waals surface area contributed by atoms with E-state index in [0.717, 1.165) is 19.4 Å². The molecule has 3 heteroatoms. The Bertz CT molecular complexity index is 195. The van der Waals surface area contributed by atoms with Crippen LogP contribution in [0.3, 0.4) is 0 Å². The Balaban J connectivity index is 3.84. The third-order valence-electron chi connectivity index (χ3n) is 3.18. The molecule has 0 aromatic carbocycles. The standard InChI is InChI=1S/C14H31NO2/c1-11(2)13(5)17-9-7-8-14(6,10-16)15-12(3)4/h11-13,15-16H,7-10H2,1-6H3. The molecule has 0 spiro atoms. The molecular formula is C14H31NO2. The maximum atomic E-state index is 9.43. The van der Waals surface area contributed by atoms with Crippen LogP contribution in [0.25, 0.3) is 0 Å². The van der Waals surface area contributed by atoms with Gasteiger partial charge in [-0.1, -0.05) is 27.7 Å². The predicted octanol–water partition coefficient (Wildman–Crippen LogP) is 2.58. The zero-order valence-corrected chi connectivity index (χ0v) is 12.4. The highest BCUT2D eigenvalue weighted by Gasteiger charge is 2.23. The molecule has 0 bridgehead atoms. The van der Waals surface area contributed by atoms with Crippen LogP contribution in [-0.2, 0) is 4.74 Å². The van der Waals surface area contributed by atoms with Crippen LogP contribution < -0.4 is 5.32 Å². The molecule has 0 aliphatic heterocycles. The molecule has 0 radical (unpaired) electrons. The Morgan fingerprint density at radius 2 is 1.76 bits per heavy atom. The van der Waals surface area contributed by atoms with Crippen LogP contribution in [0.15, 0.2) is 0 Å². The highest BCUT2D eigenvalue weighted by molar-refractivity contribution is 4.83. The monoisotopic (exact) mass is 245 g/mol. The molecular weight excluding hydrogens is 214 g/mol. The molecule has 0 aromatic rings. The second-order valence-corrected chi connectivity index (χ2v) is 5.94. The first kappa shape index (κ1) is 16.9. The van der Waals surface area contributed by atoms with Crippen LogP contribution >= 0.6 is 0 Å². The number of nitrogens with one attached hydrogen (secondary N) is 1. The number of aliphatic hydroxyl groups is 1. The summed E-state index contributed by atoms with van der Waals surface area (Å²) in [6, 6.07) is 0.391. The topological polar surface area (TPSA) is 41.5 Å². The zero-order chi connectivity index (χ0) is 13.5. The first-order valence-electron chi connectivity index (χ1n) is 6.81. The summed E-state index contributed by atoms with van der Waals surface area (Å²) in [7, 11) is 0. The van der Waals surface area contributed by atoms with Crippen molar-refractivity contribution >= 4 is 0 Å². The Morgan fingerprint density at radius 3 is 2.18 bits per heavy atom. The molecule has 0 rings (SSSR count). The van der Waals surface area contributed by atoms with Gasteiger partial charge in [0.25, 0.3) is 0 Å². The second kappa shape index (κ2) is 8.06. The lowest BCUT2D eigenvalue weighted by Gasteiger charge is -2.31. The summed E-state index contributed by atoms with van der Waals surface area (Å²) in [5, 5.41) is 12.8. The summed E-state index contributed by atoms with van der Waals surface area (Å²) < 4.78 is 5.74. The van der Waals surface area contributed by atoms with Crippen LogP contribution in [0.5, 0.6) is 0 Å². The third-order valence-corrected chi connectivity index (χ3v) is 3.18. The fourth-order valence-electron chi connectivity index (χ4n) is 1.82. The van der Waals surface area contributed by atoms with Gasteiger partial charge in [0.15, 0.2) is 0 Å². The number of aliphatic hydroxyl groups excluding tert-OH is 1. The quantitative estimate of drug-likeness (QED) is 0.614. The number of hydrogen-bond donors (Lipinski definition) is 2. The number of rotatable bonds is 9. The lowest BCUT2D eigenvalue weighted by molar-refractivity contribution is 0.0279. The van der Waals surface area contributed by atoms with E-state index in [4.69, 9.17) is 4.74 Å². The van der Waals surface area contributed by atoms with E-state index in [0.29, 0.717) is 18.1 Å². The Labute approximate surface area is 107 Å². The first-order chi connectivity index (χ1) is 7.80. The fourth-order valence-corrected chi connectivity index (χ4v) is 1.82. The maximum absolute atomic E-state index is 9.43. The minimum atomic E-state index is -0.182. The average Bonchev–Trinajstić information content (AvgIpc) is 2.23. The smallest absolute Gasteiger partial charge is 0.0610 e. The molecule has 0 saturated carbocycles. The first-order valence-corrected chi connectivity index (χ1v) is 6.81. The molecule has 0 aromatic heterocycles. The van der Waals surface area contributed by atoms with Crippen molar-refractivity contribution in [2.75, 3.05) is 13.2 Å². The SMILES string of the molecule is CC(C)NC(C)(CO)CCCOC(C)C(C)C. The molecule has 0 heterocycles. The summed E-state index contributed by atoms with van der Waals surface area (Å²) in [6.45, 7) is 13.7. The van der Waals surface area contributed by atoms with Crippen molar-refractivity contribution in [1.29, 1.82) is 0 Å². The van der Waals surface area contributed by atoms with Crippen molar-refractivity contribution < 1.29 is 9.84 Å². The number of hydrogen-bond acceptors (Lipinski definition) is 3. The Morgan fingerprint density at radius 1 is 1.18 bits per heavy atom. The molecule has 104 valence electrons. The van der Waals surface area contributed by atoms with Gasteiger partial charge in [0.05, 0.1) is 12.7 Å². The van der Waals surface area contributed by atoms with Gasteiger partial charge in [-0.3, -0.25) is 0 Å². The van der Waals surface area contributed by atoms with E-state index < -0.39 is 0 Å². The molecule has 2 N–H and O–H groups in total. The molecule has 0 fully saturated rings. The van der Waals surface area contributed by atoms with E-state index >= 15 is 0 Å². The average molecular weight is 245 g/mol.